The van der Waals surface area contributed by atoms with Gasteiger partial charge in [-0.1, -0.05) is 76.8 Å². The molecule has 0 saturated heterocycles. The number of hydrogen-bond donors (Lipinski definition) is 17. The lowest BCUT2D eigenvalue weighted by atomic mass is 9.89. The average Bonchev–Trinajstić information content (AvgIpc) is 0.977. The molecule has 8 amide bonds. The molecule has 0 spiro atoms. The third kappa shape index (κ3) is 36.6. The number of nitrogens with two attached hydrogens (primary N) is 1. The van der Waals surface area contributed by atoms with Gasteiger partial charge >= 0.3 is 5.97 Å². The number of carboxylic acid groups (broad SMARTS) is 1. The summed E-state index contributed by atoms with van der Waals surface area (Å²) in [7, 11) is -10.5. The largest absolute Gasteiger partial charge is 0.478 e. The van der Waals surface area contributed by atoms with Crippen LogP contribution >= 0.6 is 0 Å². The summed E-state index contributed by atoms with van der Waals surface area (Å²) in [6.07, 6.45) is 19.2. The van der Waals surface area contributed by atoms with E-state index in [2.05, 4.69) is 167 Å². The second kappa shape index (κ2) is 56.6. The van der Waals surface area contributed by atoms with Crippen molar-refractivity contribution in [1.29, 1.82) is 5.41 Å². The van der Waals surface area contributed by atoms with Gasteiger partial charge in [0.25, 0.3) is 26.1 Å². The van der Waals surface area contributed by atoms with Gasteiger partial charge in [-0.15, -0.1) is 5.10 Å². The Balaban J connectivity index is 0.811. The molecule has 0 saturated carbocycles. The molecule has 7 aromatic rings. The molecule has 1 aliphatic carbocycles. The van der Waals surface area contributed by atoms with E-state index in [1.807, 2.05) is 0 Å². The minimum Gasteiger partial charge on any atom is -0.478 e. The van der Waals surface area contributed by atoms with Gasteiger partial charge in [-0.05, 0) is 153 Å². The standard InChI is InChI=1S/C96H122N28O17S2/c1-9-64-54-65(10-2)112-93(111-64)106-36-21-25-79(125)99-40-47-121(48-41-100-80(126)26-22-37-107-94-113-66(11-3)55-67(12-4)114-94)60-83(129)103-44-51-123(52-45-104-84(130)61-122(49-42-101-81(127)27-23-38-108-95-115-68(13-5)56-69(14-6)116-95)50-43-102-82(128)28-24-39-109-96-117-70(15-7)57-71(16-8)118-96)62-85(131)110-58-72-59-124(120-119-72)46-20-18-17-19-35-105-91(132)63-29-30-73(76(53-63)92(133)134)86-74-31-33-77(97)89(142(135,136)137)87(74)141-88-75(86)32-34-78(98)90(88)143(138,139)140/h9-16,29-34,53-57,59,97H,1-8,17-28,35-52,58,60-62,98H2,(H,99,125)(H,100,126)(H,101,127)(H,102,128)(H,103,129)(H,104,130)(H,105,132)(H,110,131)(H,133,134)(H,106,111,112)(H,107,113,114)(H,108,115,116)(H,109,117,118)(H,135,136,137)(H,138,139,140). The van der Waals surface area contributed by atoms with Crippen molar-refractivity contribution in [3.05, 3.63) is 193 Å². The molecule has 5 aromatic heterocycles. The number of nitrogens with zero attached hydrogens (tertiary/aromatic N) is 14. The van der Waals surface area contributed by atoms with E-state index >= 15 is 0 Å². The molecule has 18 N–H and O–H groups in total. The van der Waals surface area contributed by atoms with Gasteiger partial charge < -0.3 is 79.1 Å². The van der Waals surface area contributed by atoms with Crippen molar-refractivity contribution >= 4 is 163 Å². The van der Waals surface area contributed by atoms with E-state index in [1.165, 1.54) is 24.3 Å². The first-order valence-corrected chi connectivity index (χ1v) is 49.0. The number of fused-ring (bicyclic) bond motifs is 2. The number of rotatable bonds is 66. The third-order valence-corrected chi connectivity index (χ3v) is 23.6. The average molecular weight is 2000 g/mol. The topological polar surface area (TPSA) is 634 Å². The molecular weight excluding hydrogens is 1880 g/mol. The summed E-state index contributed by atoms with van der Waals surface area (Å²) < 4.78 is 78.6. The third-order valence-electron chi connectivity index (χ3n) is 21.7. The molecule has 0 fully saturated rings. The van der Waals surface area contributed by atoms with Gasteiger partial charge in [0.05, 0.1) is 94.5 Å². The molecular formula is C96H122N28O17S2. The second-order valence-electron chi connectivity index (χ2n) is 32.4. The van der Waals surface area contributed by atoms with Gasteiger partial charge in [-0.3, -0.25) is 72.3 Å². The van der Waals surface area contributed by atoms with Gasteiger partial charge in [0.15, 0.2) is 21.1 Å². The highest BCUT2D eigenvalue weighted by molar-refractivity contribution is 7.86. The number of carbonyl (C=O) groups is 9. The maximum Gasteiger partial charge on any atom is 0.336 e. The predicted octanol–water partition coefficient (Wildman–Crippen LogP) is 6.13. The first-order valence-electron chi connectivity index (χ1n) is 46.1. The lowest BCUT2D eigenvalue weighted by Crippen LogP contribution is -2.48. The number of aromatic nitrogens is 11. The number of nitrogen functional groups attached to an aromatic ring is 1. The molecule has 2 aliphatic rings. The highest BCUT2D eigenvalue weighted by Crippen LogP contribution is 2.46. The van der Waals surface area contributed by atoms with Gasteiger partial charge in [-0.25, -0.2) is 44.7 Å². The van der Waals surface area contributed by atoms with Crippen LogP contribution in [0, 0.1) is 5.41 Å². The monoisotopic (exact) mass is 2000 g/mol. The molecule has 760 valence electrons. The van der Waals surface area contributed by atoms with Gasteiger partial charge in [0.2, 0.25) is 65.1 Å². The highest BCUT2D eigenvalue weighted by atomic mass is 32.2. The Kier molecular flexibility index (Phi) is 44.0. The molecule has 0 bridgehead atoms. The summed E-state index contributed by atoms with van der Waals surface area (Å²) in [6, 6.07) is 15.0. The van der Waals surface area contributed by atoms with Crippen LogP contribution in [0.5, 0.6) is 0 Å². The number of hydrogen-bond acceptors (Lipinski definition) is 33. The van der Waals surface area contributed by atoms with Crippen LogP contribution in [0.25, 0.3) is 82.0 Å². The van der Waals surface area contributed by atoms with E-state index in [0.29, 0.717) is 159 Å². The summed E-state index contributed by atoms with van der Waals surface area (Å²) in [4.78, 5) is 160. The molecule has 9 rings (SSSR count). The Morgan fingerprint density at radius 1 is 0.413 bits per heavy atom. The summed E-state index contributed by atoms with van der Waals surface area (Å²) in [5.41, 5.74) is 8.80. The molecule has 0 atom stereocenters. The van der Waals surface area contributed by atoms with Crippen molar-refractivity contribution in [3.63, 3.8) is 0 Å². The smallest absolute Gasteiger partial charge is 0.336 e. The lowest BCUT2D eigenvalue weighted by molar-refractivity contribution is -0.123. The summed E-state index contributed by atoms with van der Waals surface area (Å²) in [6.45, 7) is 33.5. The number of amides is 8. The minimum atomic E-state index is -5.27. The Labute approximate surface area is 827 Å². The number of unbranched alkanes of at least 4 members (excludes halogenated alkanes) is 3. The highest BCUT2D eigenvalue weighted by Gasteiger charge is 2.33. The van der Waals surface area contributed by atoms with Crippen LogP contribution in [0.3, 0.4) is 0 Å². The minimum absolute atomic E-state index is 0.0226. The zero-order valence-electron chi connectivity index (χ0n) is 79.5. The lowest BCUT2D eigenvalue weighted by Gasteiger charge is -2.25. The molecule has 6 heterocycles. The maximum atomic E-state index is 14.0. The zero-order chi connectivity index (χ0) is 103. The van der Waals surface area contributed by atoms with Gasteiger partial charge in [0, 0.05) is 166 Å². The number of benzene rings is 3. The van der Waals surface area contributed by atoms with Gasteiger partial charge in [0.1, 0.15) is 5.69 Å². The quantitative estimate of drug-likeness (QED) is 0.00881. The van der Waals surface area contributed by atoms with Crippen LogP contribution in [0.15, 0.2) is 140 Å². The van der Waals surface area contributed by atoms with E-state index in [9.17, 15) is 74.2 Å². The van der Waals surface area contributed by atoms with Crippen molar-refractivity contribution in [1.82, 2.24) is 112 Å². The Hall–Kier alpha value is -15.6. The van der Waals surface area contributed by atoms with Crippen molar-refractivity contribution in [2.45, 2.75) is 99.9 Å². The van der Waals surface area contributed by atoms with E-state index in [4.69, 9.17) is 15.6 Å². The number of anilines is 5. The van der Waals surface area contributed by atoms with E-state index in [0.717, 1.165) is 18.2 Å². The Bertz CT molecular complexity index is 5880. The fourth-order valence-electron chi connectivity index (χ4n) is 14.6. The number of aromatic carboxylic acids is 1. The van der Waals surface area contributed by atoms with Crippen LogP contribution in [-0.4, -0.2) is 285 Å². The van der Waals surface area contributed by atoms with E-state index < -0.39 is 87.6 Å². The maximum absolute atomic E-state index is 14.0. The van der Waals surface area contributed by atoms with E-state index in [-0.39, 0.29) is 188 Å². The first kappa shape index (κ1) is 111. The summed E-state index contributed by atoms with van der Waals surface area (Å²) in [5, 5.41) is 62.2. The van der Waals surface area contributed by atoms with Crippen LogP contribution < -0.4 is 74.9 Å². The molecule has 47 heteroatoms. The Morgan fingerprint density at radius 2 is 0.769 bits per heavy atom. The van der Waals surface area contributed by atoms with Gasteiger partial charge in [-0.2, -0.15) is 16.8 Å². The molecule has 143 heavy (non-hydrogen) atoms. The number of carbonyl (C=O) groups excluding carboxylic acids is 8. The Morgan fingerprint density at radius 3 is 1.13 bits per heavy atom. The zero-order valence-corrected chi connectivity index (χ0v) is 81.1. The predicted molar refractivity (Wildman–Crippen MR) is 545 cm³/mol. The SMILES string of the molecule is C=Cc1cc(C=C)nc(NCCCC(=O)NCCN(CCNC(=O)CCCNc2nc(C=C)cc(C=C)n2)CC(=O)NCCN(CCNC(=O)CN(CCNC(=O)CCCNc2nc(C=C)cc(C=C)n2)CCNC(=O)CCCNc2nc(C=C)cc(C=C)n2)CC(=O)NCc2cn(CCCCCCNC(=O)c3ccc(-c4c5ccc(=N)c(S(=O)(=O)O)c-5oc5c(S(=O)(=O)O)c(N)ccc45)c(C(=O)O)c3)nn2)n1. The summed E-state index contributed by atoms with van der Waals surface area (Å²) in [5.74, 6) is -3.77. The first-order chi connectivity index (χ1) is 68.7. The number of nitrogens with one attached hydrogen (secondary N) is 13. The molecule has 0 radical (unpaired) electrons. The molecule has 0 unspecified atom stereocenters. The fraction of sp³-hybridized carbons (Fsp3) is 0.354. The van der Waals surface area contributed by atoms with Crippen molar-refractivity contribution < 1.29 is 78.6 Å². The number of aryl methyl sites for hydroxylation is 1. The van der Waals surface area contributed by atoms with Crippen LogP contribution in [0.1, 0.15) is 149 Å². The van der Waals surface area contributed by atoms with Crippen LogP contribution in [0.2, 0.25) is 0 Å². The van der Waals surface area contributed by atoms with Crippen molar-refractivity contribution in [3.8, 4) is 22.5 Å². The van der Waals surface area contributed by atoms with Crippen molar-refractivity contribution in [2.75, 3.05) is 158 Å². The molecule has 2 aromatic carbocycles. The summed E-state index contributed by atoms with van der Waals surface area (Å²) >= 11 is 0. The van der Waals surface area contributed by atoms with E-state index in [1.54, 1.807) is 98.5 Å². The molecule has 1 aliphatic heterocycles. The van der Waals surface area contributed by atoms with Crippen molar-refractivity contribution in [2.24, 2.45) is 0 Å². The molecule has 45 nitrogen and oxygen atoms in total. The fourth-order valence-corrected chi connectivity index (χ4v) is 16.1. The number of carboxylic acids is 1. The normalized spacial score (nSPS) is 11.3. The second-order valence-corrected chi connectivity index (χ2v) is 35.2. The van der Waals surface area contributed by atoms with Crippen LogP contribution in [0.4, 0.5) is 29.5 Å². The van der Waals surface area contributed by atoms with Crippen LogP contribution in [-0.2, 0) is 66.9 Å².